The molecule has 0 bridgehead atoms. The van der Waals surface area contributed by atoms with Gasteiger partial charge >= 0.3 is 5.97 Å². The number of likely N-dealkylation sites (tertiary alicyclic amines) is 1. The summed E-state index contributed by atoms with van der Waals surface area (Å²) in [7, 11) is 0. The van der Waals surface area contributed by atoms with Crippen molar-refractivity contribution < 1.29 is 23.5 Å². The van der Waals surface area contributed by atoms with Crippen LogP contribution in [0.15, 0.2) is 42.1 Å². The number of ether oxygens (including phenoxy) is 1. The van der Waals surface area contributed by atoms with Gasteiger partial charge < -0.3 is 4.74 Å². The number of rotatable bonds is 12. The predicted molar refractivity (Wildman–Crippen MR) is 146 cm³/mol. The zero-order chi connectivity index (χ0) is 27.1. The number of thioether (sulfide) groups is 1. The molecule has 2 unspecified atom stereocenters. The number of benzene rings is 1. The third kappa shape index (κ3) is 7.63. The first-order chi connectivity index (χ1) is 18.4. The van der Waals surface area contributed by atoms with Crippen molar-refractivity contribution in [2.45, 2.75) is 70.2 Å². The molecule has 2 aliphatic rings. The lowest BCUT2D eigenvalue weighted by molar-refractivity contribution is -0.143. The van der Waals surface area contributed by atoms with Crippen LogP contribution in [0.3, 0.4) is 0 Å². The van der Waals surface area contributed by atoms with Crippen LogP contribution in [0.4, 0.5) is 4.39 Å². The molecule has 2 heterocycles. The first-order valence-electron chi connectivity index (χ1n) is 13.4. The lowest BCUT2D eigenvalue weighted by Crippen LogP contribution is -2.43. The van der Waals surface area contributed by atoms with E-state index in [1.807, 2.05) is 23.0 Å². The van der Waals surface area contributed by atoms with Crippen molar-refractivity contribution in [3.8, 4) is 0 Å². The van der Waals surface area contributed by atoms with E-state index >= 15 is 0 Å². The molecular formula is C29H36FN3O4S. The molecular weight excluding hydrogens is 505 g/mol. The molecule has 2 atom stereocenters. The Kier molecular flexibility index (Phi) is 9.91. The molecule has 1 aromatic carbocycles. The first kappa shape index (κ1) is 28.2. The molecule has 1 aromatic heterocycles. The van der Waals surface area contributed by atoms with Crippen molar-refractivity contribution in [2.75, 3.05) is 19.7 Å². The van der Waals surface area contributed by atoms with Gasteiger partial charge in [0.25, 0.3) is 0 Å². The molecule has 0 radical (unpaired) electrons. The average molecular weight is 542 g/mol. The summed E-state index contributed by atoms with van der Waals surface area (Å²) >= 11 is 1.30. The van der Waals surface area contributed by atoms with E-state index in [0.29, 0.717) is 44.6 Å². The number of unbranched alkanes of at least 4 members (excludes halogenated alkanes) is 1. The van der Waals surface area contributed by atoms with Crippen molar-refractivity contribution in [3.63, 3.8) is 0 Å². The highest BCUT2D eigenvalue weighted by Gasteiger charge is 2.41. The highest BCUT2D eigenvalue weighted by molar-refractivity contribution is 8.14. The van der Waals surface area contributed by atoms with Crippen molar-refractivity contribution in [1.29, 1.82) is 0 Å². The number of aryl methyl sites for hydroxylation is 1. The number of piperidine rings is 1. The Morgan fingerprint density at radius 2 is 1.97 bits per heavy atom. The number of carbonyl (C=O) groups excluding carboxylic acids is 3. The highest BCUT2D eigenvalue weighted by Crippen LogP contribution is 2.40. The van der Waals surface area contributed by atoms with Gasteiger partial charge in [-0.1, -0.05) is 30.0 Å². The van der Waals surface area contributed by atoms with E-state index in [1.54, 1.807) is 32.0 Å². The molecule has 7 nitrogen and oxygen atoms in total. The zero-order valence-corrected chi connectivity index (χ0v) is 22.9. The first-order valence-corrected chi connectivity index (χ1v) is 14.3. The van der Waals surface area contributed by atoms with Gasteiger partial charge in [0.1, 0.15) is 5.82 Å². The number of aromatic nitrogens is 2. The van der Waals surface area contributed by atoms with Crippen LogP contribution in [0.25, 0.3) is 6.08 Å². The van der Waals surface area contributed by atoms with Gasteiger partial charge in [-0.15, -0.1) is 0 Å². The van der Waals surface area contributed by atoms with E-state index in [2.05, 4.69) is 10.00 Å². The molecule has 1 aliphatic heterocycles. The van der Waals surface area contributed by atoms with Crippen LogP contribution in [-0.4, -0.2) is 56.5 Å². The second kappa shape index (κ2) is 13.3. The fourth-order valence-electron chi connectivity index (χ4n) is 4.94. The number of ketones is 1. The quantitative estimate of drug-likeness (QED) is 0.269. The molecule has 1 saturated heterocycles. The monoisotopic (exact) mass is 541 g/mol. The Morgan fingerprint density at radius 1 is 1.18 bits per heavy atom. The third-order valence-electron chi connectivity index (χ3n) is 6.92. The van der Waals surface area contributed by atoms with E-state index in [4.69, 9.17) is 4.74 Å². The maximum atomic E-state index is 14.9. The van der Waals surface area contributed by atoms with Gasteiger partial charge in [-0.05, 0) is 62.8 Å². The van der Waals surface area contributed by atoms with Gasteiger partial charge in [-0.2, -0.15) is 5.10 Å². The van der Waals surface area contributed by atoms with Crippen LogP contribution >= 0.6 is 11.8 Å². The minimum absolute atomic E-state index is 0.00381. The maximum absolute atomic E-state index is 14.9. The van der Waals surface area contributed by atoms with Crippen molar-refractivity contribution in [2.24, 2.45) is 5.92 Å². The zero-order valence-electron chi connectivity index (χ0n) is 22.1. The van der Waals surface area contributed by atoms with E-state index in [0.717, 1.165) is 37.0 Å². The maximum Gasteiger partial charge on any atom is 0.305 e. The average Bonchev–Trinajstić information content (AvgIpc) is 3.64. The largest absolute Gasteiger partial charge is 0.466 e. The number of carbonyl (C=O) groups is 3. The SMILES string of the molecule is CCOC(=O)CCCCn1ccc(/C=C2\CN(C(C(=O)C3CC3)c3ccccc3F)CCC2SC(C)=O)n1. The molecule has 0 N–H and O–H groups in total. The molecule has 1 saturated carbocycles. The van der Waals surface area contributed by atoms with Crippen LogP contribution in [0, 0.1) is 11.7 Å². The number of hydrogen-bond donors (Lipinski definition) is 0. The molecule has 38 heavy (non-hydrogen) atoms. The summed E-state index contributed by atoms with van der Waals surface area (Å²) in [5, 5.41) is 4.70. The molecule has 9 heteroatoms. The number of halogens is 1. The number of hydrogen-bond acceptors (Lipinski definition) is 7. The third-order valence-corrected chi connectivity index (χ3v) is 8.07. The molecule has 0 spiro atoms. The summed E-state index contributed by atoms with van der Waals surface area (Å²) in [5.74, 6) is -0.461. The van der Waals surface area contributed by atoms with Crippen molar-refractivity contribution in [1.82, 2.24) is 14.7 Å². The normalized spacial score (nSPS) is 19.9. The molecule has 204 valence electrons. The fraction of sp³-hybridized carbons (Fsp3) is 0.517. The minimum Gasteiger partial charge on any atom is -0.466 e. The van der Waals surface area contributed by atoms with Crippen LogP contribution in [0.1, 0.15) is 69.7 Å². The molecule has 1 aliphatic carbocycles. The van der Waals surface area contributed by atoms with Crippen molar-refractivity contribution in [3.05, 3.63) is 59.2 Å². The van der Waals surface area contributed by atoms with Gasteiger partial charge in [0.15, 0.2) is 10.9 Å². The minimum atomic E-state index is -0.632. The molecule has 4 rings (SSSR count). The standard InChI is InChI=1S/C29H36FN3O4S/c1-3-37-27(35)10-6-7-15-33-17-13-23(31-33)18-22-19-32(16-14-26(22)38-20(2)34)28(29(36)21-11-12-21)24-8-4-5-9-25(24)30/h4-5,8-9,13,17-18,21,26,28H,3,6-7,10-12,14-16,19H2,1-2H3/b22-18+. The molecule has 0 amide bonds. The van der Waals surface area contributed by atoms with E-state index < -0.39 is 6.04 Å². The predicted octanol–water partition coefficient (Wildman–Crippen LogP) is 5.21. The van der Waals surface area contributed by atoms with Crippen LogP contribution in [-0.2, 0) is 25.7 Å². The Hall–Kier alpha value is -2.78. The Balaban J connectivity index is 1.50. The Labute approximate surface area is 227 Å². The highest BCUT2D eigenvalue weighted by atomic mass is 32.2. The summed E-state index contributed by atoms with van der Waals surface area (Å²) in [5.41, 5.74) is 2.21. The van der Waals surface area contributed by atoms with Gasteiger partial charge in [-0.3, -0.25) is 24.0 Å². The Morgan fingerprint density at radius 3 is 2.68 bits per heavy atom. The van der Waals surface area contributed by atoms with Crippen LogP contribution in [0.5, 0.6) is 0 Å². The second-order valence-corrected chi connectivity index (χ2v) is 11.3. The molecule has 2 fully saturated rings. The van der Waals surface area contributed by atoms with E-state index in [1.165, 1.54) is 17.8 Å². The lowest BCUT2D eigenvalue weighted by atomic mass is 9.93. The van der Waals surface area contributed by atoms with Gasteiger partial charge in [0.2, 0.25) is 0 Å². The van der Waals surface area contributed by atoms with Gasteiger partial charge in [0.05, 0.1) is 18.3 Å². The number of esters is 1. The lowest BCUT2D eigenvalue weighted by Gasteiger charge is -2.38. The summed E-state index contributed by atoms with van der Waals surface area (Å²) in [4.78, 5) is 39.0. The summed E-state index contributed by atoms with van der Waals surface area (Å²) in [6.45, 7) is 5.52. The summed E-state index contributed by atoms with van der Waals surface area (Å²) < 4.78 is 21.7. The summed E-state index contributed by atoms with van der Waals surface area (Å²) in [6, 6.07) is 7.84. The topological polar surface area (TPSA) is 81.5 Å². The van der Waals surface area contributed by atoms with E-state index in [-0.39, 0.29) is 33.9 Å². The Bertz CT molecular complexity index is 1180. The molecule has 2 aromatic rings. The number of nitrogens with zero attached hydrogens (tertiary/aromatic N) is 3. The van der Waals surface area contributed by atoms with Crippen molar-refractivity contribution >= 4 is 34.7 Å². The van der Waals surface area contributed by atoms with Gasteiger partial charge in [-0.25, -0.2) is 4.39 Å². The second-order valence-electron chi connectivity index (χ2n) is 9.94. The van der Waals surface area contributed by atoms with E-state index in [9.17, 15) is 18.8 Å². The van der Waals surface area contributed by atoms with Gasteiger partial charge in [0, 0.05) is 55.9 Å². The fourth-order valence-corrected chi connectivity index (χ4v) is 5.86. The van der Waals surface area contributed by atoms with Crippen LogP contribution < -0.4 is 0 Å². The smallest absolute Gasteiger partial charge is 0.305 e. The van der Waals surface area contributed by atoms with Crippen LogP contribution in [0.2, 0.25) is 0 Å². The number of Topliss-reactive ketones (excluding diaryl/α,β-unsaturated/α-hetero) is 1. The summed E-state index contributed by atoms with van der Waals surface area (Å²) in [6.07, 6.45) is 8.25.